The van der Waals surface area contributed by atoms with E-state index < -0.39 is 5.97 Å². The van der Waals surface area contributed by atoms with Crippen molar-refractivity contribution in [1.82, 2.24) is 15.3 Å². The number of nitrogens with zero attached hydrogens (tertiary/aromatic N) is 3. The first-order valence-electron chi connectivity index (χ1n) is 19.3. The number of rotatable bonds is 13. The molecule has 11 nitrogen and oxygen atoms in total. The number of carboxylic acid groups (broad SMARTS) is 1. The number of fused-ring (bicyclic) bond motifs is 1. The number of carbonyl (C=O) groups excluding carboxylic acids is 1. The van der Waals surface area contributed by atoms with Gasteiger partial charge in [-0.3, -0.25) is 15.1 Å². The number of pyridine rings is 1. The van der Waals surface area contributed by atoms with Gasteiger partial charge in [0, 0.05) is 47.4 Å². The number of carboxylic acids is 1. The van der Waals surface area contributed by atoms with Crippen LogP contribution in [-0.4, -0.2) is 52.0 Å². The van der Waals surface area contributed by atoms with E-state index in [-0.39, 0.29) is 33.6 Å². The molecule has 3 aromatic rings. The number of aromatic nitrogens is 2. The van der Waals surface area contributed by atoms with Gasteiger partial charge in [0.05, 0.1) is 21.9 Å². The van der Waals surface area contributed by atoms with E-state index in [1.54, 1.807) is 23.1 Å². The van der Waals surface area contributed by atoms with Crippen molar-refractivity contribution in [2.45, 2.75) is 97.5 Å². The van der Waals surface area contributed by atoms with Gasteiger partial charge in [0.2, 0.25) is 0 Å². The second-order valence-electron chi connectivity index (χ2n) is 17.1. The Labute approximate surface area is 327 Å². The first-order chi connectivity index (χ1) is 26.3. The Morgan fingerprint density at radius 1 is 1.11 bits per heavy atom. The van der Waals surface area contributed by atoms with E-state index in [4.69, 9.17) is 21.1 Å². The maximum atomic E-state index is 13.7. The van der Waals surface area contributed by atoms with Crippen LogP contribution in [0.3, 0.4) is 0 Å². The minimum atomic E-state index is -1.18. The summed E-state index contributed by atoms with van der Waals surface area (Å²) in [6.45, 7) is 13.7. The first-order valence-corrected chi connectivity index (χ1v) is 20.2. The van der Waals surface area contributed by atoms with Crippen LogP contribution in [0, 0.1) is 21.7 Å². The van der Waals surface area contributed by atoms with Crippen LogP contribution >= 0.6 is 11.3 Å². The third-order valence-corrected chi connectivity index (χ3v) is 13.1. The standard InChI is InChI=1S/C43H53N7O4S/c1-6-8-12-35-33(10-7-2)48-38(55-35)49-39(53)50-17-9-11-28-13-14-29(18-34(28)50)32-16-15-30(36(47-32)37(51)52)31(19-44)27(3)46-26-42-21-40(4)20-41(5,22-42)24-43(23-40,25-42)54-45/h6,8,12-16,18-19,44,46H,1,7,9-11,17,20-26,45H2,2-5H3,(H,51,52)(H,48,49,53)/b12-8-,31-27+,44-19?. The Hall–Kier alpha value is -4.65. The highest BCUT2D eigenvalue weighted by Crippen LogP contribution is 2.71. The fourth-order valence-electron chi connectivity index (χ4n) is 11.2. The predicted molar refractivity (Wildman–Crippen MR) is 220 cm³/mol. The molecular weight excluding hydrogens is 711 g/mol. The van der Waals surface area contributed by atoms with Crippen molar-refractivity contribution < 1.29 is 19.5 Å². The van der Waals surface area contributed by atoms with Crippen molar-refractivity contribution in [2.75, 3.05) is 23.3 Å². The Bertz CT molecular complexity index is 2080. The predicted octanol–water partition coefficient (Wildman–Crippen LogP) is 9.02. The summed E-state index contributed by atoms with van der Waals surface area (Å²) in [4.78, 5) is 44.3. The molecule has 2 atom stereocenters. The van der Waals surface area contributed by atoms with Gasteiger partial charge in [-0.05, 0) is 111 Å². The normalized spacial score (nSPS) is 27.1. The monoisotopic (exact) mass is 763 g/mol. The van der Waals surface area contributed by atoms with E-state index in [1.807, 2.05) is 37.3 Å². The second kappa shape index (κ2) is 14.8. The Morgan fingerprint density at radius 3 is 2.55 bits per heavy atom. The molecule has 3 heterocycles. The first kappa shape index (κ1) is 38.6. The Kier molecular flexibility index (Phi) is 10.4. The average molecular weight is 764 g/mol. The van der Waals surface area contributed by atoms with Crippen LogP contribution in [0.15, 0.2) is 54.8 Å². The number of hydrogen-bond acceptors (Lipinski definition) is 9. The Balaban J connectivity index is 1.13. The maximum absolute atomic E-state index is 13.7. The van der Waals surface area contributed by atoms with E-state index in [9.17, 15) is 14.7 Å². The summed E-state index contributed by atoms with van der Waals surface area (Å²) in [5, 5.41) is 26.0. The third kappa shape index (κ3) is 7.51. The maximum Gasteiger partial charge on any atom is 0.355 e. The lowest BCUT2D eigenvalue weighted by atomic mass is 9.39. The number of carbonyl (C=O) groups is 2. The summed E-state index contributed by atoms with van der Waals surface area (Å²) in [5.74, 6) is 4.78. The van der Waals surface area contributed by atoms with Crippen molar-refractivity contribution in [2.24, 2.45) is 22.1 Å². The van der Waals surface area contributed by atoms with Gasteiger partial charge in [-0.1, -0.05) is 69.4 Å². The van der Waals surface area contributed by atoms with Gasteiger partial charge >= 0.3 is 12.0 Å². The average Bonchev–Trinajstić information content (AvgIpc) is 3.51. The largest absolute Gasteiger partial charge is 0.476 e. The van der Waals surface area contributed by atoms with Crippen molar-refractivity contribution in [3.05, 3.63) is 82.2 Å². The molecule has 0 radical (unpaired) electrons. The number of aromatic carboxylic acids is 1. The number of aryl methyl sites for hydroxylation is 2. The van der Waals surface area contributed by atoms with Crippen molar-refractivity contribution in [3.63, 3.8) is 0 Å². The number of thiazole rings is 1. The van der Waals surface area contributed by atoms with Gasteiger partial charge in [-0.2, -0.15) is 0 Å². The molecule has 6 N–H and O–H groups in total. The third-order valence-electron chi connectivity index (χ3n) is 12.1. The summed E-state index contributed by atoms with van der Waals surface area (Å²) in [6.07, 6.45) is 16.3. The fourth-order valence-corrected chi connectivity index (χ4v) is 12.1. The van der Waals surface area contributed by atoms with Crippen molar-refractivity contribution in [1.29, 1.82) is 5.41 Å². The summed E-state index contributed by atoms with van der Waals surface area (Å²) in [5.41, 5.74) is 5.32. The lowest BCUT2D eigenvalue weighted by molar-refractivity contribution is -0.245. The zero-order chi connectivity index (χ0) is 39.2. The van der Waals surface area contributed by atoms with Crippen LogP contribution in [0.4, 0.5) is 15.6 Å². The topological polar surface area (TPSA) is 167 Å². The second-order valence-corrected chi connectivity index (χ2v) is 18.2. The van der Waals surface area contributed by atoms with E-state index >= 15 is 0 Å². The quantitative estimate of drug-likeness (QED) is 0.0653. The van der Waals surface area contributed by atoms with Gasteiger partial charge < -0.3 is 15.8 Å². The van der Waals surface area contributed by atoms with E-state index in [2.05, 4.69) is 43.0 Å². The van der Waals surface area contributed by atoms with Gasteiger partial charge in [-0.25, -0.2) is 25.5 Å². The molecule has 55 heavy (non-hydrogen) atoms. The molecule has 2 amide bonds. The number of benzene rings is 1. The number of urea groups is 1. The van der Waals surface area contributed by atoms with Gasteiger partial charge in [-0.15, -0.1) is 0 Å². The number of nitrogens with one attached hydrogen (secondary N) is 3. The molecule has 8 rings (SSSR count). The number of allylic oxidation sites excluding steroid dienone is 4. The molecule has 0 spiro atoms. The zero-order valence-electron chi connectivity index (χ0n) is 32.4. The van der Waals surface area contributed by atoms with Gasteiger partial charge in [0.15, 0.2) is 10.8 Å². The Morgan fingerprint density at radius 2 is 1.87 bits per heavy atom. The minimum Gasteiger partial charge on any atom is -0.476 e. The van der Waals surface area contributed by atoms with Crippen LogP contribution < -0.4 is 21.4 Å². The number of anilines is 2. The van der Waals surface area contributed by atoms with Crippen LogP contribution in [0.5, 0.6) is 0 Å². The summed E-state index contributed by atoms with van der Waals surface area (Å²) < 4.78 is 0. The van der Waals surface area contributed by atoms with Gasteiger partial charge in [0.25, 0.3) is 0 Å². The number of hydrogen-bond donors (Lipinski definition) is 5. The van der Waals surface area contributed by atoms with E-state index in [0.717, 1.165) is 85.3 Å². The lowest BCUT2D eigenvalue weighted by Crippen LogP contribution is -2.65. The molecule has 4 bridgehead atoms. The molecule has 290 valence electrons. The van der Waals surface area contributed by atoms with E-state index in [0.29, 0.717) is 40.6 Å². The molecule has 12 heteroatoms. The van der Waals surface area contributed by atoms with Gasteiger partial charge in [0.1, 0.15) is 0 Å². The summed E-state index contributed by atoms with van der Waals surface area (Å²) >= 11 is 1.44. The van der Waals surface area contributed by atoms with Crippen LogP contribution in [-0.2, 0) is 17.7 Å². The van der Waals surface area contributed by atoms with Crippen molar-refractivity contribution >= 4 is 52.0 Å². The fraction of sp³-hybridized carbons (Fsp3) is 0.465. The minimum absolute atomic E-state index is 0.00897. The summed E-state index contributed by atoms with van der Waals surface area (Å²) in [6, 6.07) is 9.08. The highest BCUT2D eigenvalue weighted by atomic mass is 32.1. The molecule has 2 unspecified atom stereocenters. The smallest absolute Gasteiger partial charge is 0.355 e. The van der Waals surface area contributed by atoms with Crippen LogP contribution in [0.2, 0.25) is 0 Å². The SMILES string of the molecule is C=C/C=C\c1sc(NC(=O)N2CCCc3ccc(-c4ccc(/C(C=N)=C(\C)NCC56CC7(C)CC(C)(C5)CC(ON)(C7)C6)c(C(=O)O)n4)cc32)nc1CCC. The zero-order valence-corrected chi connectivity index (χ0v) is 33.2. The molecule has 1 aromatic carbocycles. The van der Waals surface area contributed by atoms with Crippen molar-refractivity contribution in [3.8, 4) is 11.3 Å². The molecule has 5 aliphatic rings. The molecule has 0 saturated heterocycles. The highest BCUT2D eigenvalue weighted by Gasteiger charge is 2.66. The highest BCUT2D eigenvalue weighted by molar-refractivity contribution is 7.16. The van der Waals surface area contributed by atoms with Crippen LogP contribution in [0.1, 0.15) is 111 Å². The number of nitrogens with two attached hydrogens (primary N) is 1. The lowest BCUT2D eigenvalue weighted by Gasteiger charge is -2.68. The molecule has 4 aliphatic carbocycles. The molecular formula is C43H53N7O4S. The molecule has 2 aromatic heterocycles. The molecule has 4 saturated carbocycles. The molecule has 1 aliphatic heterocycles. The number of amides is 2. The van der Waals surface area contributed by atoms with Crippen LogP contribution in [0.25, 0.3) is 22.9 Å². The molecule has 4 fully saturated rings. The van der Waals surface area contributed by atoms with E-state index in [1.165, 1.54) is 24.0 Å². The summed E-state index contributed by atoms with van der Waals surface area (Å²) in [7, 11) is 0.